The first-order chi connectivity index (χ1) is 8.14. The molecular formula is C10H17N3O4S. The van der Waals surface area contributed by atoms with E-state index in [2.05, 4.69) is 5.32 Å². The maximum atomic E-state index is 11.2. The van der Waals surface area contributed by atoms with E-state index in [1.165, 1.54) is 25.1 Å². The van der Waals surface area contributed by atoms with Crippen LogP contribution < -0.4 is 16.2 Å². The van der Waals surface area contributed by atoms with Crippen molar-refractivity contribution in [3.05, 3.63) is 18.2 Å². The summed E-state index contributed by atoms with van der Waals surface area (Å²) in [5, 5.41) is 26.3. The number of rotatable bonds is 5. The van der Waals surface area contributed by atoms with Crippen LogP contribution in [0.4, 0.5) is 11.4 Å². The van der Waals surface area contributed by atoms with Crippen molar-refractivity contribution in [3.8, 4) is 0 Å². The van der Waals surface area contributed by atoms with Gasteiger partial charge in [0.25, 0.3) is 0 Å². The predicted molar refractivity (Wildman–Crippen MR) is 68.4 cm³/mol. The number of nitrogen functional groups attached to an aromatic ring is 1. The lowest BCUT2D eigenvalue weighted by Gasteiger charge is -2.21. The van der Waals surface area contributed by atoms with E-state index >= 15 is 0 Å². The number of aliphatic hydroxyl groups is 2. The first-order valence-electron chi connectivity index (χ1n) is 5.14. The van der Waals surface area contributed by atoms with Crippen molar-refractivity contribution >= 4 is 21.4 Å². The number of anilines is 2. The van der Waals surface area contributed by atoms with Crippen LogP contribution >= 0.6 is 0 Å². The molecule has 1 rings (SSSR count). The van der Waals surface area contributed by atoms with E-state index < -0.39 is 22.2 Å². The predicted octanol–water partition coefficient (Wildman–Crippen LogP) is -0.929. The Hall–Kier alpha value is -1.35. The lowest BCUT2D eigenvalue weighted by Crippen LogP contribution is -2.37. The van der Waals surface area contributed by atoms with Gasteiger partial charge in [0.15, 0.2) is 0 Å². The van der Waals surface area contributed by atoms with Crippen molar-refractivity contribution in [3.63, 3.8) is 0 Å². The van der Waals surface area contributed by atoms with Crippen molar-refractivity contribution in [2.24, 2.45) is 5.14 Å². The number of nitrogens with two attached hydrogens (primary N) is 2. The first-order valence-corrected chi connectivity index (χ1v) is 6.69. The molecule has 0 spiro atoms. The summed E-state index contributed by atoms with van der Waals surface area (Å²) < 4.78 is 22.4. The minimum absolute atomic E-state index is 0.0387. The van der Waals surface area contributed by atoms with Crippen molar-refractivity contribution in [1.29, 1.82) is 0 Å². The molecule has 0 saturated heterocycles. The Bertz CT molecular complexity index is 528. The number of sulfonamides is 1. The molecule has 0 aliphatic carbocycles. The Morgan fingerprint density at radius 1 is 1.39 bits per heavy atom. The maximum Gasteiger partial charge on any atom is 0.238 e. The van der Waals surface area contributed by atoms with E-state index in [1.54, 1.807) is 0 Å². The van der Waals surface area contributed by atoms with Gasteiger partial charge in [0.2, 0.25) is 10.0 Å². The maximum absolute atomic E-state index is 11.2. The van der Waals surface area contributed by atoms with Gasteiger partial charge in [0.05, 0.1) is 11.5 Å². The van der Waals surface area contributed by atoms with Crippen LogP contribution in [0.15, 0.2) is 23.1 Å². The van der Waals surface area contributed by atoms with Gasteiger partial charge in [-0.3, -0.25) is 0 Å². The van der Waals surface area contributed by atoms with Crippen molar-refractivity contribution in [2.75, 3.05) is 24.2 Å². The summed E-state index contributed by atoms with van der Waals surface area (Å²) in [5.41, 5.74) is 4.87. The molecule has 0 bridgehead atoms. The summed E-state index contributed by atoms with van der Waals surface area (Å²) in [4.78, 5) is -0.117. The molecule has 1 aromatic rings. The second-order valence-corrected chi connectivity index (χ2v) is 5.91. The van der Waals surface area contributed by atoms with Gasteiger partial charge < -0.3 is 21.3 Å². The molecule has 7 nitrogen and oxygen atoms in total. The molecule has 1 unspecified atom stereocenters. The minimum Gasteiger partial charge on any atom is -0.399 e. The molecule has 0 saturated carbocycles. The largest absolute Gasteiger partial charge is 0.399 e. The number of benzene rings is 1. The zero-order valence-electron chi connectivity index (χ0n) is 9.92. The minimum atomic E-state index is -3.84. The molecule has 0 heterocycles. The number of aliphatic hydroxyl groups excluding tert-OH is 1. The van der Waals surface area contributed by atoms with Crippen LogP contribution in [0.25, 0.3) is 0 Å². The molecule has 0 aromatic heterocycles. The summed E-state index contributed by atoms with van der Waals surface area (Å²) >= 11 is 0. The molecular weight excluding hydrogens is 258 g/mol. The number of nitrogens with one attached hydrogen (secondary N) is 1. The van der Waals surface area contributed by atoms with E-state index in [-0.39, 0.29) is 17.1 Å². The van der Waals surface area contributed by atoms with Gasteiger partial charge in [0, 0.05) is 17.9 Å². The lowest BCUT2D eigenvalue weighted by molar-refractivity contribution is 0.0132. The van der Waals surface area contributed by atoms with E-state index in [9.17, 15) is 13.5 Å². The Morgan fingerprint density at radius 3 is 2.50 bits per heavy atom. The fraction of sp³-hybridized carbons (Fsp3) is 0.400. The fourth-order valence-electron chi connectivity index (χ4n) is 1.24. The van der Waals surface area contributed by atoms with Gasteiger partial charge in [0.1, 0.15) is 5.60 Å². The van der Waals surface area contributed by atoms with Crippen LogP contribution in [-0.2, 0) is 10.0 Å². The van der Waals surface area contributed by atoms with Gasteiger partial charge in [-0.25, -0.2) is 13.6 Å². The third-order valence-electron chi connectivity index (χ3n) is 2.27. The molecule has 1 atom stereocenters. The Labute approximate surface area is 105 Å². The number of hydrogen-bond acceptors (Lipinski definition) is 6. The summed E-state index contributed by atoms with van der Waals surface area (Å²) in [7, 11) is -3.84. The summed E-state index contributed by atoms with van der Waals surface area (Å²) in [6, 6.07) is 4.05. The molecule has 0 aliphatic rings. The smallest absolute Gasteiger partial charge is 0.238 e. The van der Waals surface area contributed by atoms with Gasteiger partial charge in [-0.05, 0) is 25.1 Å². The second kappa shape index (κ2) is 5.11. The highest BCUT2D eigenvalue weighted by Gasteiger charge is 2.19. The molecule has 0 radical (unpaired) electrons. The topological polar surface area (TPSA) is 139 Å². The van der Waals surface area contributed by atoms with Gasteiger partial charge in [-0.2, -0.15) is 0 Å². The van der Waals surface area contributed by atoms with Gasteiger partial charge in [-0.15, -0.1) is 0 Å². The Balaban J connectivity index is 2.95. The molecule has 102 valence electrons. The standard InChI is InChI=1S/C10H17N3O4S/c1-10(15,6-14)5-13-8-2-7(11)3-9(4-8)18(12,16)17/h2-4,13-15H,5-6,11H2,1H3,(H2,12,16,17). The normalized spacial score (nSPS) is 15.1. The average molecular weight is 275 g/mol. The van der Waals surface area contributed by atoms with E-state index in [4.69, 9.17) is 16.0 Å². The van der Waals surface area contributed by atoms with Gasteiger partial charge >= 0.3 is 0 Å². The van der Waals surface area contributed by atoms with Crippen LogP contribution in [0, 0.1) is 0 Å². The highest BCUT2D eigenvalue weighted by molar-refractivity contribution is 7.89. The first kappa shape index (κ1) is 14.7. The SMILES string of the molecule is CC(O)(CO)CNc1cc(N)cc(S(N)(=O)=O)c1. The van der Waals surface area contributed by atoms with E-state index in [0.717, 1.165) is 0 Å². The Morgan fingerprint density at radius 2 is 2.00 bits per heavy atom. The summed E-state index contributed by atoms with van der Waals surface area (Å²) in [5.74, 6) is 0. The van der Waals surface area contributed by atoms with Crippen molar-refractivity contribution in [1.82, 2.24) is 0 Å². The van der Waals surface area contributed by atoms with Gasteiger partial charge in [-0.1, -0.05) is 0 Å². The Kier molecular flexibility index (Phi) is 4.17. The number of hydrogen-bond donors (Lipinski definition) is 5. The highest BCUT2D eigenvalue weighted by atomic mass is 32.2. The zero-order chi connectivity index (χ0) is 14.0. The summed E-state index contributed by atoms with van der Waals surface area (Å²) in [6.45, 7) is 1.05. The molecule has 1 aromatic carbocycles. The zero-order valence-corrected chi connectivity index (χ0v) is 10.7. The quantitative estimate of drug-likeness (QED) is 0.440. The molecule has 7 N–H and O–H groups in total. The third-order valence-corrected chi connectivity index (χ3v) is 3.16. The van der Waals surface area contributed by atoms with Crippen molar-refractivity contribution in [2.45, 2.75) is 17.4 Å². The van der Waals surface area contributed by atoms with Crippen LogP contribution in [-0.4, -0.2) is 37.4 Å². The van der Waals surface area contributed by atoms with Crippen molar-refractivity contribution < 1.29 is 18.6 Å². The second-order valence-electron chi connectivity index (χ2n) is 4.34. The molecule has 0 aliphatic heterocycles. The lowest BCUT2D eigenvalue weighted by atomic mass is 10.1. The highest BCUT2D eigenvalue weighted by Crippen LogP contribution is 2.20. The van der Waals surface area contributed by atoms with Crippen LogP contribution in [0.5, 0.6) is 0 Å². The van der Waals surface area contributed by atoms with Crippen LogP contribution in [0.2, 0.25) is 0 Å². The third kappa shape index (κ3) is 4.15. The van der Waals surface area contributed by atoms with Crippen LogP contribution in [0.3, 0.4) is 0 Å². The average Bonchev–Trinajstić information content (AvgIpc) is 2.25. The van der Waals surface area contributed by atoms with Crippen LogP contribution in [0.1, 0.15) is 6.92 Å². The fourth-order valence-corrected chi connectivity index (χ4v) is 1.83. The summed E-state index contributed by atoms with van der Waals surface area (Å²) in [6.07, 6.45) is 0. The molecule has 8 heteroatoms. The monoisotopic (exact) mass is 275 g/mol. The number of primary sulfonamides is 1. The molecule has 0 amide bonds. The molecule has 0 fully saturated rings. The van der Waals surface area contributed by atoms with E-state index in [0.29, 0.717) is 5.69 Å². The molecule has 18 heavy (non-hydrogen) atoms. The van der Waals surface area contributed by atoms with E-state index in [1.807, 2.05) is 0 Å².